The summed E-state index contributed by atoms with van der Waals surface area (Å²) >= 11 is 0. The van der Waals surface area contributed by atoms with E-state index in [4.69, 9.17) is 4.98 Å². The molecular weight excluding hydrogens is 306 g/mol. The number of nitrogens with zero attached hydrogens (tertiary/aromatic N) is 3. The van der Waals surface area contributed by atoms with Gasteiger partial charge in [0.2, 0.25) is 0 Å². The SMILES string of the molecule is N#CCCC1(CCC#N)c2ccccc2-c2nc3ccccc3cc21. The van der Waals surface area contributed by atoms with Crippen LogP contribution in [0.3, 0.4) is 0 Å². The van der Waals surface area contributed by atoms with Crippen molar-refractivity contribution in [3.8, 4) is 23.4 Å². The molecule has 3 heteroatoms. The van der Waals surface area contributed by atoms with Gasteiger partial charge in [0.15, 0.2) is 0 Å². The predicted octanol–water partition coefficient (Wildman–Crippen LogP) is 5.11. The summed E-state index contributed by atoms with van der Waals surface area (Å²) in [6, 6.07) is 23.2. The molecule has 1 aliphatic carbocycles. The fraction of sp³-hybridized carbons (Fsp3) is 0.227. The third-order valence-corrected chi connectivity index (χ3v) is 5.26. The van der Waals surface area contributed by atoms with Gasteiger partial charge in [0.1, 0.15) is 0 Å². The molecule has 0 aliphatic heterocycles. The van der Waals surface area contributed by atoms with Crippen LogP contribution in [0.25, 0.3) is 22.2 Å². The molecule has 0 unspecified atom stereocenters. The third kappa shape index (κ3) is 2.29. The van der Waals surface area contributed by atoms with Crippen LogP contribution < -0.4 is 0 Å². The largest absolute Gasteiger partial charge is 0.247 e. The minimum atomic E-state index is -0.297. The van der Waals surface area contributed by atoms with Crippen LogP contribution in [0.2, 0.25) is 0 Å². The van der Waals surface area contributed by atoms with Gasteiger partial charge >= 0.3 is 0 Å². The summed E-state index contributed by atoms with van der Waals surface area (Å²) in [5.41, 5.74) is 5.20. The number of aromatic nitrogens is 1. The third-order valence-electron chi connectivity index (χ3n) is 5.26. The van der Waals surface area contributed by atoms with E-state index < -0.39 is 0 Å². The van der Waals surface area contributed by atoms with Crippen molar-refractivity contribution in [2.24, 2.45) is 0 Å². The Kier molecular flexibility index (Phi) is 3.71. The van der Waals surface area contributed by atoms with Gasteiger partial charge in [-0.3, -0.25) is 0 Å². The molecule has 2 aromatic carbocycles. The van der Waals surface area contributed by atoms with E-state index in [1.54, 1.807) is 0 Å². The van der Waals surface area contributed by atoms with Gasteiger partial charge in [-0.25, -0.2) is 4.98 Å². The molecule has 4 rings (SSSR count). The molecule has 0 amide bonds. The van der Waals surface area contributed by atoms with Crippen LogP contribution in [0.5, 0.6) is 0 Å². The van der Waals surface area contributed by atoms with Crippen LogP contribution in [0.4, 0.5) is 0 Å². The summed E-state index contributed by atoms with van der Waals surface area (Å²) in [5.74, 6) is 0. The molecule has 0 bridgehead atoms. The van der Waals surface area contributed by atoms with Crippen molar-refractivity contribution in [3.63, 3.8) is 0 Å². The van der Waals surface area contributed by atoms with E-state index in [1.807, 2.05) is 30.3 Å². The zero-order valence-corrected chi connectivity index (χ0v) is 13.9. The Balaban J connectivity index is 2.03. The maximum absolute atomic E-state index is 9.20. The molecule has 120 valence electrons. The van der Waals surface area contributed by atoms with E-state index in [1.165, 1.54) is 5.56 Å². The van der Waals surface area contributed by atoms with Gasteiger partial charge in [-0.1, -0.05) is 42.5 Å². The number of benzene rings is 2. The summed E-state index contributed by atoms with van der Waals surface area (Å²) < 4.78 is 0. The lowest BCUT2D eigenvalue weighted by atomic mass is 9.71. The first-order chi connectivity index (χ1) is 12.3. The first-order valence-corrected chi connectivity index (χ1v) is 8.54. The molecule has 0 N–H and O–H groups in total. The fourth-order valence-corrected chi connectivity index (χ4v) is 4.14. The predicted molar refractivity (Wildman–Crippen MR) is 97.7 cm³/mol. The second-order valence-electron chi connectivity index (χ2n) is 6.52. The lowest BCUT2D eigenvalue weighted by Crippen LogP contribution is -2.25. The van der Waals surface area contributed by atoms with Crippen LogP contribution in [0, 0.1) is 22.7 Å². The summed E-state index contributed by atoms with van der Waals surface area (Å²) in [5, 5.41) is 19.5. The van der Waals surface area contributed by atoms with Crippen LogP contribution >= 0.6 is 0 Å². The molecule has 3 aromatic rings. The molecule has 0 saturated heterocycles. The van der Waals surface area contributed by atoms with E-state index in [-0.39, 0.29) is 5.41 Å². The van der Waals surface area contributed by atoms with Gasteiger partial charge in [-0.15, -0.1) is 0 Å². The average molecular weight is 323 g/mol. The molecule has 25 heavy (non-hydrogen) atoms. The van der Waals surface area contributed by atoms with E-state index >= 15 is 0 Å². The van der Waals surface area contributed by atoms with Crippen molar-refractivity contribution < 1.29 is 0 Å². The van der Waals surface area contributed by atoms with Crippen molar-refractivity contribution in [3.05, 3.63) is 65.7 Å². The standard InChI is InChI=1S/C22H17N3/c23-13-5-11-22(12-6-14-24)18-9-3-2-8-17(18)21-19(22)15-16-7-1-4-10-20(16)25-21/h1-4,7-10,15H,5-6,11-12H2. The van der Waals surface area contributed by atoms with E-state index in [2.05, 4.69) is 36.4 Å². The Morgan fingerprint density at radius 1 is 0.840 bits per heavy atom. The Hall–Kier alpha value is -3.17. The van der Waals surface area contributed by atoms with Gasteiger partial charge in [-0.2, -0.15) is 10.5 Å². The average Bonchev–Trinajstić information content (AvgIpc) is 2.93. The van der Waals surface area contributed by atoms with Crippen LogP contribution in [0.15, 0.2) is 54.6 Å². The zero-order chi connectivity index (χ0) is 17.3. The first kappa shape index (κ1) is 15.4. The van der Waals surface area contributed by atoms with Crippen molar-refractivity contribution in [1.82, 2.24) is 4.98 Å². The molecule has 0 saturated carbocycles. The topological polar surface area (TPSA) is 60.5 Å². The lowest BCUT2D eigenvalue weighted by Gasteiger charge is -2.30. The molecule has 1 aromatic heterocycles. The Bertz CT molecular complexity index is 1020. The highest BCUT2D eigenvalue weighted by Gasteiger charge is 2.43. The molecule has 0 atom stereocenters. The number of hydrogen-bond donors (Lipinski definition) is 0. The smallest absolute Gasteiger partial charge is 0.0753 e. The normalized spacial score (nSPS) is 13.7. The van der Waals surface area contributed by atoms with Crippen LogP contribution in [-0.2, 0) is 5.41 Å². The summed E-state index contributed by atoms with van der Waals surface area (Å²) in [4.78, 5) is 4.94. The van der Waals surface area contributed by atoms with Crippen LogP contribution in [-0.4, -0.2) is 4.98 Å². The molecular formula is C22H17N3. The number of rotatable bonds is 4. The highest BCUT2D eigenvalue weighted by Crippen LogP contribution is 2.53. The highest BCUT2D eigenvalue weighted by atomic mass is 14.7. The minimum Gasteiger partial charge on any atom is -0.247 e. The Morgan fingerprint density at radius 2 is 1.52 bits per heavy atom. The van der Waals surface area contributed by atoms with Gasteiger partial charge in [0.25, 0.3) is 0 Å². The van der Waals surface area contributed by atoms with Crippen LogP contribution in [0.1, 0.15) is 36.8 Å². The fourth-order valence-electron chi connectivity index (χ4n) is 4.14. The quantitative estimate of drug-likeness (QED) is 0.670. The van der Waals surface area contributed by atoms with Gasteiger partial charge in [0.05, 0.1) is 23.3 Å². The Labute approximate surface area is 147 Å². The van der Waals surface area contributed by atoms with Crippen molar-refractivity contribution in [2.75, 3.05) is 0 Å². The Morgan fingerprint density at radius 3 is 2.28 bits per heavy atom. The van der Waals surface area contributed by atoms with E-state index in [0.717, 1.165) is 40.6 Å². The zero-order valence-electron chi connectivity index (χ0n) is 13.9. The van der Waals surface area contributed by atoms with Crippen molar-refractivity contribution in [2.45, 2.75) is 31.1 Å². The molecule has 3 nitrogen and oxygen atoms in total. The molecule has 0 radical (unpaired) electrons. The van der Waals surface area contributed by atoms with Crippen molar-refractivity contribution in [1.29, 1.82) is 10.5 Å². The second-order valence-corrected chi connectivity index (χ2v) is 6.52. The summed E-state index contributed by atoms with van der Waals surface area (Å²) in [6.45, 7) is 0. The highest BCUT2D eigenvalue weighted by molar-refractivity contribution is 5.88. The molecule has 1 aliphatic rings. The molecule has 0 spiro atoms. The number of fused-ring (bicyclic) bond motifs is 4. The van der Waals surface area contributed by atoms with E-state index in [0.29, 0.717) is 12.8 Å². The molecule has 0 fully saturated rings. The monoisotopic (exact) mass is 323 g/mol. The molecule has 1 heterocycles. The van der Waals surface area contributed by atoms with Gasteiger partial charge in [0, 0.05) is 29.2 Å². The van der Waals surface area contributed by atoms with Gasteiger partial charge in [-0.05, 0) is 36.1 Å². The number of hydrogen-bond acceptors (Lipinski definition) is 3. The maximum atomic E-state index is 9.20. The second kappa shape index (κ2) is 6.04. The maximum Gasteiger partial charge on any atom is 0.0753 e. The number of para-hydroxylation sites is 1. The van der Waals surface area contributed by atoms with Crippen molar-refractivity contribution >= 4 is 10.9 Å². The first-order valence-electron chi connectivity index (χ1n) is 8.54. The lowest BCUT2D eigenvalue weighted by molar-refractivity contribution is 0.458. The summed E-state index contributed by atoms with van der Waals surface area (Å²) in [6.07, 6.45) is 2.36. The summed E-state index contributed by atoms with van der Waals surface area (Å²) in [7, 11) is 0. The minimum absolute atomic E-state index is 0.297. The number of nitriles is 2. The number of pyridine rings is 1. The van der Waals surface area contributed by atoms with E-state index in [9.17, 15) is 10.5 Å². The van der Waals surface area contributed by atoms with Gasteiger partial charge < -0.3 is 0 Å².